The van der Waals surface area contributed by atoms with Gasteiger partial charge in [-0.05, 0) is 53.7 Å². The number of benzene rings is 1. The second kappa shape index (κ2) is 13.9. The minimum absolute atomic E-state index is 0.00625. The van der Waals surface area contributed by atoms with E-state index in [9.17, 15) is 29.3 Å². The van der Waals surface area contributed by atoms with Crippen LogP contribution < -0.4 is 0 Å². The van der Waals surface area contributed by atoms with Crippen LogP contribution in [-0.2, 0) is 42.9 Å². The molecule has 0 amide bonds. The number of carbonyl (C=O) groups excluding carboxylic acids is 4. The number of nitrogens with zero attached hydrogens (tertiary/aromatic N) is 3. The Morgan fingerprint density at radius 2 is 1.23 bits per heavy atom. The molecule has 0 atom stereocenters. The molecule has 0 spiro atoms. The van der Waals surface area contributed by atoms with Crippen molar-refractivity contribution in [3.8, 4) is 0 Å². The van der Waals surface area contributed by atoms with Crippen LogP contribution in [0.4, 0.5) is 5.69 Å². The first-order valence-electron chi connectivity index (χ1n) is 13.2. The number of carbonyl (C=O) groups is 4. The Morgan fingerprint density at radius 1 is 0.750 bits per heavy atom. The average Bonchev–Trinajstić information content (AvgIpc) is 3.43. The summed E-state index contributed by atoms with van der Waals surface area (Å²) in [4.78, 5) is 66.6. The molecule has 1 heterocycles. The Hall–Kier alpha value is -5.14. The summed E-state index contributed by atoms with van der Waals surface area (Å²) in [7, 11) is 4.28. The first kappa shape index (κ1) is 35.1. The second-order valence-electron chi connectivity index (χ2n) is 11.2. The van der Waals surface area contributed by atoms with E-state index in [4.69, 9.17) is 18.9 Å². The van der Waals surface area contributed by atoms with Crippen LogP contribution in [0.2, 0.25) is 0 Å². The monoisotopic (exact) mass is 615 g/mol. The van der Waals surface area contributed by atoms with Gasteiger partial charge in [-0.25, -0.2) is 19.2 Å². The molecule has 0 radical (unpaired) electrons. The first-order chi connectivity index (χ1) is 20.4. The zero-order chi connectivity index (χ0) is 33.6. The van der Waals surface area contributed by atoms with Gasteiger partial charge in [-0.2, -0.15) is 0 Å². The quantitative estimate of drug-likeness (QED) is 0.0985. The van der Waals surface area contributed by atoms with E-state index in [0.29, 0.717) is 6.08 Å². The highest BCUT2D eigenvalue weighted by Crippen LogP contribution is 2.40. The molecule has 0 N–H and O–H groups in total. The molecule has 14 nitrogen and oxygen atoms in total. The first-order valence-corrected chi connectivity index (χ1v) is 13.2. The minimum atomic E-state index is -1.14. The standard InChI is InChI=1S/C30H37N3O11/c1-29(2,3)31-15-16-32(30(4,5)6)25(31)23(28(37)43-10)22(27(36)42-9)24(18-11-13-19(14-12-18)33(38)39)44-20(26(35)41-8)17-21(34)40-7/h11-17H,1-10H3/b20-17+,24-22+. The zero-order valence-electron chi connectivity index (χ0n) is 26.4. The van der Waals surface area contributed by atoms with Crippen LogP contribution in [0.25, 0.3) is 5.76 Å². The van der Waals surface area contributed by atoms with E-state index in [1.807, 2.05) is 41.5 Å². The SMILES string of the molecule is COC(=O)/C=C(/O/C(=C(/C(=O)OC)C(C(=O)OC)=C1N(C(C)(C)C)C=CN1C(C)(C)C)c1ccc([N+](=O)[O-])cc1)C(=O)OC. The number of methoxy groups -OCH3 is 4. The molecule has 238 valence electrons. The fourth-order valence-corrected chi connectivity index (χ4v) is 4.03. The average molecular weight is 616 g/mol. The van der Waals surface area contributed by atoms with E-state index < -0.39 is 57.0 Å². The van der Waals surface area contributed by atoms with Gasteiger partial charge in [0.1, 0.15) is 17.0 Å². The summed E-state index contributed by atoms with van der Waals surface area (Å²) in [6, 6.07) is 4.72. The lowest BCUT2D eigenvalue weighted by Gasteiger charge is -2.41. The molecular formula is C30H37N3O11. The number of hydrogen-bond donors (Lipinski definition) is 0. The second-order valence-corrected chi connectivity index (χ2v) is 11.2. The van der Waals surface area contributed by atoms with Gasteiger partial charge in [0.25, 0.3) is 5.69 Å². The van der Waals surface area contributed by atoms with Gasteiger partial charge in [-0.1, -0.05) is 0 Å². The number of hydrogen-bond acceptors (Lipinski definition) is 13. The van der Waals surface area contributed by atoms with Crippen LogP contribution in [0, 0.1) is 10.1 Å². The highest BCUT2D eigenvalue weighted by molar-refractivity contribution is 6.12. The summed E-state index contributed by atoms with van der Waals surface area (Å²) in [5.74, 6) is -5.21. The van der Waals surface area contributed by atoms with Crippen LogP contribution in [0.1, 0.15) is 47.1 Å². The molecule has 0 saturated carbocycles. The number of nitro benzene ring substituents is 1. The summed E-state index contributed by atoms with van der Waals surface area (Å²) in [6.45, 7) is 11.3. The van der Waals surface area contributed by atoms with Gasteiger partial charge >= 0.3 is 23.9 Å². The molecule has 1 aromatic carbocycles. The molecule has 0 aliphatic carbocycles. The van der Waals surface area contributed by atoms with Crippen molar-refractivity contribution >= 4 is 35.3 Å². The Balaban J connectivity index is 3.27. The fraction of sp³-hybridized carbons (Fsp3) is 0.400. The molecule has 2 rings (SSSR count). The lowest BCUT2D eigenvalue weighted by atomic mass is 9.96. The van der Waals surface area contributed by atoms with Crippen LogP contribution in [0.5, 0.6) is 0 Å². The predicted octanol–water partition coefficient (Wildman–Crippen LogP) is 3.80. The lowest BCUT2D eigenvalue weighted by Crippen LogP contribution is -2.45. The van der Waals surface area contributed by atoms with Gasteiger partial charge in [0.2, 0.25) is 5.76 Å². The van der Waals surface area contributed by atoms with Crippen LogP contribution in [0.15, 0.2) is 65.5 Å². The third kappa shape index (κ3) is 7.82. The molecule has 1 aromatic rings. The van der Waals surface area contributed by atoms with Crippen molar-refractivity contribution in [1.29, 1.82) is 0 Å². The number of ether oxygens (including phenoxy) is 5. The van der Waals surface area contributed by atoms with Crippen molar-refractivity contribution in [2.24, 2.45) is 0 Å². The van der Waals surface area contributed by atoms with Gasteiger partial charge < -0.3 is 33.5 Å². The summed E-state index contributed by atoms with van der Waals surface area (Å²) >= 11 is 0. The Kier molecular flexibility index (Phi) is 11.1. The Morgan fingerprint density at radius 3 is 1.61 bits per heavy atom. The molecule has 0 fully saturated rings. The molecule has 0 saturated heterocycles. The summed E-state index contributed by atoms with van der Waals surface area (Å²) < 4.78 is 25.6. The van der Waals surface area contributed by atoms with Gasteiger partial charge in [-0.3, -0.25) is 10.1 Å². The van der Waals surface area contributed by atoms with E-state index in [1.165, 1.54) is 12.1 Å². The number of nitro groups is 1. The van der Waals surface area contributed by atoms with Crippen molar-refractivity contribution in [3.05, 3.63) is 81.1 Å². The normalized spacial score (nSPS) is 14.0. The highest BCUT2D eigenvalue weighted by atomic mass is 16.6. The summed E-state index contributed by atoms with van der Waals surface area (Å²) in [5, 5.41) is 11.4. The lowest BCUT2D eigenvalue weighted by molar-refractivity contribution is -0.384. The molecular weight excluding hydrogens is 578 g/mol. The van der Waals surface area contributed by atoms with Gasteiger partial charge in [0.05, 0.1) is 39.4 Å². The zero-order valence-corrected chi connectivity index (χ0v) is 26.4. The molecule has 14 heteroatoms. The van der Waals surface area contributed by atoms with Gasteiger partial charge in [0, 0.05) is 41.2 Å². The largest absolute Gasteiger partial charge is 0.466 e. The minimum Gasteiger partial charge on any atom is -0.466 e. The smallest absolute Gasteiger partial charge is 0.374 e. The maximum absolute atomic E-state index is 13.8. The molecule has 1 aliphatic rings. The highest BCUT2D eigenvalue weighted by Gasteiger charge is 2.42. The maximum Gasteiger partial charge on any atom is 0.374 e. The van der Waals surface area contributed by atoms with Crippen molar-refractivity contribution in [1.82, 2.24) is 9.80 Å². The summed E-state index contributed by atoms with van der Waals surface area (Å²) in [6.07, 6.45) is 4.13. The van der Waals surface area contributed by atoms with E-state index in [1.54, 1.807) is 22.2 Å². The maximum atomic E-state index is 13.8. The van der Waals surface area contributed by atoms with E-state index in [0.717, 1.165) is 40.6 Å². The molecule has 44 heavy (non-hydrogen) atoms. The predicted molar refractivity (Wildman–Crippen MR) is 157 cm³/mol. The van der Waals surface area contributed by atoms with Crippen molar-refractivity contribution in [2.45, 2.75) is 52.6 Å². The van der Waals surface area contributed by atoms with Crippen LogP contribution in [-0.4, -0.2) is 78.1 Å². The third-order valence-electron chi connectivity index (χ3n) is 6.14. The van der Waals surface area contributed by atoms with E-state index in [2.05, 4.69) is 4.74 Å². The fourth-order valence-electron chi connectivity index (χ4n) is 4.03. The van der Waals surface area contributed by atoms with Gasteiger partial charge in [0.15, 0.2) is 5.76 Å². The van der Waals surface area contributed by atoms with Gasteiger partial charge in [-0.15, -0.1) is 0 Å². The molecule has 1 aliphatic heterocycles. The third-order valence-corrected chi connectivity index (χ3v) is 6.14. The number of esters is 4. The number of non-ortho nitro benzene ring substituents is 1. The Bertz CT molecular complexity index is 1410. The van der Waals surface area contributed by atoms with Crippen molar-refractivity contribution < 1.29 is 47.8 Å². The van der Waals surface area contributed by atoms with Crippen molar-refractivity contribution in [3.63, 3.8) is 0 Å². The van der Waals surface area contributed by atoms with Crippen LogP contribution >= 0.6 is 0 Å². The number of rotatable bonds is 9. The van der Waals surface area contributed by atoms with E-state index in [-0.39, 0.29) is 22.6 Å². The Labute approximate surface area is 255 Å². The topological polar surface area (TPSA) is 164 Å². The van der Waals surface area contributed by atoms with Crippen molar-refractivity contribution in [2.75, 3.05) is 28.4 Å². The molecule has 0 aromatic heterocycles. The van der Waals surface area contributed by atoms with E-state index >= 15 is 0 Å². The summed E-state index contributed by atoms with van der Waals surface area (Å²) in [5.41, 5.74) is -2.45. The molecule has 0 bridgehead atoms. The molecule has 0 unspecified atom stereocenters. The van der Waals surface area contributed by atoms with Crippen LogP contribution in [0.3, 0.4) is 0 Å².